The molecule has 0 saturated heterocycles. The summed E-state index contributed by atoms with van der Waals surface area (Å²) in [4.78, 5) is 49.1. The van der Waals surface area contributed by atoms with Crippen molar-refractivity contribution < 1.29 is 55.7 Å². The normalized spacial score (nSPS) is 11.5. The first-order valence-electron chi connectivity index (χ1n) is 8.68. The second-order valence-corrected chi connectivity index (χ2v) is 6.59. The Morgan fingerprint density at radius 2 is 1.07 bits per heavy atom. The molecule has 0 amide bonds. The summed E-state index contributed by atoms with van der Waals surface area (Å²) in [5.74, 6) is -15.2. The molecule has 0 unspecified atom stereocenters. The maximum atomic E-state index is 14.9. The summed E-state index contributed by atoms with van der Waals surface area (Å²) in [6, 6.07) is 0. The molecular formula is C17H21F4IO8. The van der Waals surface area contributed by atoms with Crippen molar-refractivity contribution in [2.24, 2.45) is 5.92 Å². The molecule has 0 atom stereocenters. The molecule has 0 radical (unpaired) electrons. The van der Waals surface area contributed by atoms with E-state index in [0.29, 0.717) is 0 Å². The maximum Gasteiger partial charge on any atom is 0.362 e. The highest BCUT2D eigenvalue weighted by molar-refractivity contribution is 14.1. The minimum atomic E-state index is -5.35. The molecule has 0 spiro atoms. The Hall–Kier alpha value is -1.93. The van der Waals surface area contributed by atoms with E-state index in [4.69, 9.17) is 0 Å². The molecule has 0 rings (SSSR count). The minimum absolute atomic E-state index is 0.0545. The SMILES string of the molecule is CCOC(=O)C(C(=O)OCC)=C(C(C(=O)OCC)C(=O)OCC)C(F)(F)C(F)(F)I. The van der Waals surface area contributed by atoms with E-state index < -0.39 is 77.2 Å². The van der Waals surface area contributed by atoms with Gasteiger partial charge in [-0.3, -0.25) is 9.59 Å². The van der Waals surface area contributed by atoms with E-state index in [9.17, 15) is 36.7 Å². The predicted molar refractivity (Wildman–Crippen MR) is 101 cm³/mol. The molecule has 0 aromatic heterocycles. The van der Waals surface area contributed by atoms with E-state index in [0.717, 1.165) is 0 Å². The summed E-state index contributed by atoms with van der Waals surface area (Å²) in [6.07, 6.45) is 0. The van der Waals surface area contributed by atoms with Gasteiger partial charge in [0.2, 0.25) is 0 Å². The van der Waals surface area contributed by atoms with Crippen molar-refractivity contribution in [2.45, 2.75) is 37.5 Å². The van der Waals surface area contributed by atoms with Crippen LogP contribution in [-0.2, 0) is 38.1 Å². The number of rotatable bonds is 11. The predicted octanol–water partition coefficient (Wildman–Crippen LogP) is 2.81. The first kappa shape index (κ1) is 28.1. The van der Waals surface area contributed by atoms with Crippen LogP contribution in [0.3, 0.4) is 0 Å². The van der Waals surface area contributed by atoms with E-state index in [1.807, 2.05) is 0 Å². The van der Waals surface area contributed by atoms with Crippen LogP contribution in [0, 0.1) is 5.92 Å². The van der Waals surface area contributed by atoms with Gasteiger partial charge in [0.15, 0.2) is 11.5 Å². The molecule has 13 heteroatoms. The number of alkyl halides is 5. The number of halogens is 5. The zero-order valence-corrected chi connectivity index (χ0v) is 18.7. The highest BCUT2D eigenvalue weighted by Crippen LogP contribution is 2.48. The zero-order chi connectivity index (χ0) is 23.7. The summed E-state index contributed by atoms with van der Waals surface area (Å²) < 4.78 is 70.6. The van der Waals surface area contributed by atoms with Crippen molar-refractivity contribution >= 4 is 46.5 Å². The van der Waals surface area contributed by atoms with Gasteiger partial charge in [-0.1, -0.05) is 0 Å². The number of carbonyl (C=O) groups excluding carboxylic acids is 4. The molecule has 8 nitrogen and oxygen atoms in total. The molecule has 0 saturated carbocycles. The molecule has 0 fully saturated rings. The lowest BCUT2D eigenvalue weighted by molar-refractivity contribution is -0.165. The van der Waals surface area contributed by atoms with Gasteiger partial charge in [0.25, 0.3) is 0 Å². The fraction of sp³-hybridized carbons (Fsp3) is 0.647. The van der Waals surface area contributed by atoms with Crippen LogP contribution in [0.4, 0.5) is 17.6 Å². The van der Waals surface area contributed by atoms with Crippen LogP contribution in [0.25, 0.3) is 0 Å². The average molecular weight is 556 g/mol. The van der Waals surface area contributed by atoms with Gasteiger partial charge in [-0.25, -0.2) is 9.59 Å². The first-order valence-corrected chi connectivity index (χ1v) is 9.76. The van der Waals surface area contributed by atoms with Crippen LogP contribution < -0.4 is 0 Å². The molecule has 0 N–H and O–H groups in total. The molecule has 0 aliphatic carbocycles. The van der Waals surface area contributed by atoms with Crippen molar-refractivity contribution in [2.75, 3.05) is 26.4 Å². The third kappa shape index (κ3) is 6.80. The summed E-state index contributed by atoms with van der Waals surface area (Å²) >= 11 is 0.0545. The monoisotopic (exact) mass is 556 g/mol. The fourth-order valence-corrected chi connectivity index (χ4v) is 2.42. The molecule has 0 aliphatic heterocycles. The van der Waals surface area contributed by atoms with Crippen molar-refractivity contribution in [3.63, 3.8) is 0 Å². The average Bonchev–Trinajstić information content (AvgIpc) is 2.61. The van der Waals surface area contributed by atoms with E-state index >= 15 is 0 Å². The lowest BCUT2D eigenvalue weighted by atomic mass is 9.88. The molecule has 0 aliphatic rings. The number of ether oxygens (including phenoxy) is 4. The maximum absolute atomic E-state index is 14.9. The van der Waals surface area contributed by atoms with Crippen LogP contribution in [0.1, 0.15) is 27.7 Å². The summed E-state index contributed by atoms with van der Waals surface area (Å²) in [6.45, 7) is 3.28. The highest BCUT2D eigenvalue weighted by Gasteiger charge is 2.63. The van der Waals surface area contributed by atoms with Crippen molar-refractivity contribution in [3.8, 4) is 0 Å². The second kappa shape index (κ2) is 12.1. The van der Waals surface area contributed by atoms with Crippen LogP contribution in [0.5, 0.6) is 0 Å². The zero-order valence-electron chi connectivity index (χ0n) is 16.6. The van der Waals surface area contributed by atoms with E-state index in [-0.39, 0.29) is 22.6 Å². The summed E-state index contributed by atoms with van der Waals surface area (Å²) in [5, 5.41) is 0. The summed E-state index contributed by atoms with van der Waals surface area (Å²) in [5.41, 5.74) is -3.85. The van der Waals surface area contributed by atoms with E-state index in [1.54, 1.807) is 0 Å². The van der Waals surface area contributed by atoms with E-state index in [2.05, 4.69) is 18.9 Å². The van der Waals surface area contributed by atoms with Crippen LogP contribution >= 0.6 is 22.6 Å². The number of esters is 4. The molecule has 30 heavy (non-hydrogen) atoms. The van der Waals surface area contributed by atoms with Crippen LogP contribution in [-0.4, -0.2) is 60.2 Å². The molecule has 0 bridgehead atoms. The van der Waals surface area contributed by atoms with Gasteiger partial charge in [0.05, 0.1) is 32.0 Å². The Balaban J connectivity index is 7.33. The van der Waals surface area contributed by atoms with Gasteiger partial charge in [-0.05, 0) is 27.7 Å². The van der Waals surface area contributed by atoms with Crippen molar-refractivity contribution in [1.29, 1.82) is 0 Å². The van der Waals surface area contributed by atoms with Gasteiger partial charge in [-0.2, -0.15) is 17.6 Å². The van der Waals surface area contributed by atoms with Crippen LogP contribution in [0.2, 0.25) is 0 Å². The van der Waals surface area contributed by atoms with Crippen molar-refractivity contribution in [3.05, 3.63) is 11.1 Å². The van der Waals surface area contributed by atoms with Gasteiger partial charge in [0.1, 0.15) is 0 Å². The third-order valence-corrected chi connectivity index (χ3v) is 3.93. The fourth-order valence-electron chi connectivity index (χ4n) is 2.13. The van der Waals surface area contributed by atoms with Crippen molar-refractivity contribution in [1.82, 2.24) is 0 Å². The molecule has 0 heterocycles. The van der Waals surface area contributed by atoms with Crippen LogP contribution in [0.15, 0.2) is 11.1 Å². The minimum Gasteiger partial charge on any atom is -0.465 e. The highest BCUT2D eigenvalue weighted by atomic mass is 127. The Labute approximate surface area is 183 Å². The van der Waals surface area contributed by atoms with E-state index in [1.165, 1.54) is 27.7 Å². The smallest absolute Gasteiger partial charge is 0.362 e. The summed E-state index contributed by atoms with van der Waals surface area (Å²) in [7, 11) is 0. The van der Waals surface area contributed by atoms with Gasteiger partial charge in [0, 0.05) is 22.6 Å². The largest absolute Gasteiger partial charge is 0.465 e. The molecule has 0 aromatic carbocycles. The standard InChI is InChI=1S/C17H21F4IO8/c1-5-27-12(23)9(13(24)28-6-2)11(16(18,19)17(20,21)22)10(14(25)29-7-3)15(26)30-8-4/h9H,5-8H2,1-4H3. The molecular weight excluding hydrogens is 535 g/mol. The third-order valence-electron chi connectivity index (χ3n) is 3.26. The molecule has 172 valence electrons. The first-order chi connectivity index (χ1) is 13.8. The second-order valence-electron chi connectivity index (χ2n) is 5.24. The lowest BCUT2D eigenvalue weighted by Crippen LogP contribution is -2.46. The van der Waals surface area contributed by atoms with Gasteiger partial charge in [-0.15, -0.1) is 0 Å². The Morgan fingerprint density at radius 1 is 0.733 bits per heavy atom. The number of carbonyl (C=O) groups is 4. The quantitative estimate of drug-likeness (QED) is 0.0560. The molecule has 0 aromatic rings. The van der Waals surface area contributed by atoms with Gasteiger partial charge >= 0.3 is 33.7 Å². The topological polar surface area (TPSA) is 105 Å². The number of hydrogen-bond acceptors (Lipinski definition) is 8. The Bertz CT molecular complexity index is 650. The number of hydrogen-bond donors (Lipinski definition) is 0. The lowest BCUT2D eigenvalue weighted by Gasteiger charge is -2.29. The van der Waals surface area contributed by atoms with Gasteiger partial charge < -0.3 is 18.9 Å². The Morgan fingerprint density at radius 3 is 1.33 bits per heavy atom. The Kier molecular flexibility index (Phi) is 11.3.